The molecule has 0 aromatic heterocycles. The minimum atomic E-state index is -0.664. The van der Waals surface area contributed by atoms with Crippen LogP contribution in [0.1, 0.15) is 431 Å². The second kappa shape index (κ2) is 76.3. The SMILES string of the molecule is CCCCC/C=C\C/C=C\CCCCCCCCCCCC(=O)OCCCCCCCCCCC/C=C\C/C=C\CCCCCCCCCCCCCCCCCCCC(=O)NC(CO)C(O)CCCCCCCCCCCCCCCCCCCC. The molecule has 2 atom stereocenters. The minimum absolute atomic E-state index is 0.0109. The first-order valence-electron chi connectivity index (χ1n) is 39.4. The summed E-state index contributed by atoms with van der Waals surface area (Å²) in [5, 5.41) is 23.4. The highest BCUT2D eigenvalue weighted by molar-refractivity contribution is 5.76. The summed E-state index contributed by atoms with van der Waals surface area (Å²) in [6.45, 7) is 4.96. The summed E-state index contributed by atoms with van der Waals surface area (Å²) in [6.07, 6.45) is 101. The minimum Gasteiger partial charge on any atom is -0.466 e. The summed E-state index contributed by atoms with van der Waals surface area (Å²) < 4.78 is 5.51. The molecule has 512 valence electrons. The van der Waals surface area contributed by atoms with Crippen molar-refractivity contribution in [2.75, 3.05) is 13.2 Å². The molecule has 0 bridgehead atoms. The van der Waals surface area contributed by atoms with Crippen molar-refractivity contribution in [3.8, 4) is 0 Å². The number of carbonyl (C=O) groups is 2. The lowest BCUT2D eigenvalue weighted by Gasteiger charge is -2.22. The van der Waals surface area contributed by atoms with Crippen LogP contribution in [0.3, 0.4) is 0 Å². The Morgan fingerprint density at radius 3 is 0.897 bits per heavy atom. The zero-order chi connectivity index (χ0) is 62.8. The number of rotatable bonds is 74. The van der Waals surface area contributed by atoms with Crippen molar-refractivity contribution in [2.45, 2.75) is 443 Å². The first-order chi connectivity index (χ1) is 43.0. The van der Waals surface area contributed by atoms with Crippen LogP contribution in [0.5, 0.6) is 0 Å². The molecule has 0 aromatic rings. The highest BCUT2D eigenvalue weighted by atomic mass is 16.5. The molecule has 1 amide bonds. The lowest BCUT2D eigenvalue weighted by atomic mass is 10.0. The van der Waals surface area contributed by atoms with E-state index in [9.17, 15) is 19.8 Å². The van der Waals surface area contributed by atoms with Crippen LogP contribution in [0.4, 0.5) is 0 Å². The Kier molecular flexibility index (Phi) is 74.4. The molecule has 0 saturated heterocycles. The Labute approximate surface area is 544 Å². The molecule has 0 fully saturated rings. The van der Waals surface area contributed by atoms with Crippen LogP contribution < -0.4 is 5.32 Å². The van der Waals surface area contributed by atoms with Crippen LogP contribution in [0.15, 0.2) is 48.6 Å². The van der Waals surface area contributed by atoms with E-state index < -0.39 is 12.1 Å². The zero-order valence-electron chi connectivity index (χ0n) is 58.8. The third-order valence-corrected chi connectivity index (χ3v) is 18.4. The van der Waals surface area contributed by atoms with E-state index in [1.54, 1.807) is 0 Å². The van der Waals surface area contributed by atoms with Crippen LogP contribution >= 0.6 is 0 Å². The van der Waals surface area contributed by atoms with Gasteiger partial charge in [0.1, 0.15) is 0 Å². The smallest absolute Gasteiger partial charge is 0.305 e. The molecule has 2 unspecified atom stereocenters. The number of amides is 1. The van der Waals surface area contributed by atoms with E-state index in [0.29, 0.717) is 25.9 Å². The lowest BCUT2D eigenvalue weighted by molar-refractivity contribution is -0.143. The molecule has 0 heterocycles. The van der Waals surface area contributed by atoms with Gasteiger partial charge in [-0.2, -0.15) is 0 Å². The van der Waals surface area contributed by atoms with Crippen LogP contribution in [-0.4, -0.2) is 47.4 Å². The van der Waals surface area contributed by atoms with Gasteiger partial charge >= 0.3 is 5.97 Å². The molecule has 0 spiro atoms. The van der Waals surface area contributed by atoms with Gasteiger partial charge in [-0.05, 0) is 89.9 Å². The molecule has 6 nitrogen and oxygen atoms in total. The van der Waals surface area contributed by atoms with Crippen molar-refractivity contribution < 1.29 is 24.5 Å². The number of aliphatic hydroxyl groups is 2. The van der Waals surface area contributed by atoms with Gasteiger partial charge in [0, 0.05) is 12.8 Å². The molecule has 0 aliphatic rings. The van der Waals surface area contributed by atoms with Gasteiger partial charge in [-0.1, -0.05) is 377 Å². The third kappa shape index (κ3) is 72.8. The molecule has 0 radical (unpaired) electrons. The first kappa shape index (κ1) is 84.8. The average Bonchev–Trinajstić information content (AvgIpc) is 3.59. The fourth-order valence-corrected chi connectivity index (χ4v) is 12.4. The van der Waals surface area contributed by atoms with Gasteiger partial charge in [0.15, 0.2) is 0 Å². The number of hydrogen-bond donors (Lipinski definition) is 3. The molecule has 87 heavy (non-hydrogen) atoms. The molecule has 0 aromatic carbocycles. The van der Waals surface area contributed by atoms with Crippen molar-refractivity contribution in [3.63, 3.8) is 0 Å². The number of ether oxygens (including phenoxy) is 1. The number of carbonyl (C=O) groups excluding carboxylic acids is 2. The van der Waals surface area contributed by atoms with Crippen LogP contribution in [0.25, 0.3) is 0 Å². The normalized spacial score (nSPS) is 12.7. The molecular weight excluding hydrogens is 1070 g/mol. The Morgan fingerprint density at radius 1 is 0.322 bits per heavy atom. The molecule has 0 aliphatic carbocycles. The van der Waals surface area contributed by atoms with Gasteiger partial charge in [-0.25, -0.2) is 0 Å². The van der Waals surface area contributed by atoms with E-state index in [2.05, 4.69) is 67.8 Å². The van der Waals surface area contributed by atoms with Gasteiger partial charge in [0.05, 0.1) is 25.4 Å². The maximum Gasteiger partial charge on any atom is 0.305 e. The molecule has 0 rings (SSSR count). The maximum atomic E-state index is 12.5. The van der Waals surface area contributed by atoms with Crippen molar-refractivity contribution in [1.82, 2.24) is 5.32 Å². The van der Waals surface area contributed by atoms with Gasteiger partial charge in [-0.15, -0.1) is 0 Å². The van der Waals surface area contributed by atoms with Gasteiger partial charge in [-0.3, -0.25) is 9.59 Å². The van der Waals surface area contributed by atoms with E-state index in [4.69, 9.17) is 4.74 Å². The van der Waals surface area contributed by atoms with Gasteiger partial charge in [0.25, 0.3) is 0 Å². The molecule has 0 saturated carbocycles. The third-order valence-electron chi connectivity index (χ3n) is 18.4. The largest absolute Gasteiger partial charge is 0.466 e. The number of aliphatic hydroxyl groups excluding tert-OH is 2. The molecule has 3 N–H and O–H groups in total. The number of unbranched alkanes of at least 4 members (excludes halogenated alkanes) is 55. The number of nitrogens with one attached hydrogen (secondary N) is 1. The molecular formula is C81H153NO5. The van der Waals surface area contributed by atoms with Crippen LogP contribution in [-0.2, 0) is 14.3 Å². The second-order valence-corrected chi connectivity index (χ2v) is 27.0. The number of esters is 1. The summed E-state index contributed by atoms with van der Waals surface area (Å²) in [7, 11) is 0. The highest BCUT2D eigenvalue weighted by Gasteiger charge is 2.20. The number of hydrogen-bond acceptors (Lipinski definition) is 5. The van der Waals surface area contributed by atoms with Crippen LogP contribution in [0, 0.1) is 0 Å². The van der Waals surface area contributed by atoms with E-state index in [0.717, 1.165) is 57.8 Å². The fraction of sp³-hybridized carbons (Fsp3) is 0.877. The van der Waals surface area contributed by atoms with E-state index in [-0.39, 0.29) is 18.5 Å². The summed E-state index contributed by atoms with van der Waals surface area (Å²) >= 11 is 0. The predicted molar refractivity (Wildman–Crippen MR) is 384 cm³/mol. The summed E-state index contributed by atoms with van der Waals surface area (Å²) in [4.78, 5) is 24.7. The Bertz CT molecular complexity index is 1450. The van der Waals surface area contributed by atoms with E-state index in [1.807, 2.05) is 0 Å². The van der Waals surface area contributed by atoms with Crippen molar-refractivity contribution >= 4 is 11.9 Å². The standard InChI is InChI=1S/C81H153NO5/c1-3-5-7-9-11-13-15-17-19-21-38-43-47-51-55-59-63-67-71-75-81(86)87-76-72-68-64-60-56-52-48-44-40-37-35-33-31-29-27-25-23-24-26-28-30-32-34-36-39-42-46-50-54-58-62-66-70-74-80(85)82-78(77-83)79(84)73-69-65-61-57-53-49-45-41-22-20-18-16-14-12-10-8-6-4-2/h11,13,17,19,27,29,33,35,78-79,83-84H,3-10,12,14-16,18,20-26,28,30-32,34,36-77H2,1-2H3,(H,82,85)/b13-11-,19-17-,29-27-,35-33-. The summed E-state index contributed by atoms with van der Waals surface area (Å²) in [5.41, 5.74) is 0. The summed E-state index contributed by atoms with van der Waals surface area (Å²) in [6, 6.07) is -0.541. The maximum absolute atomic E-state index is 12.5. The van der Waals surface area contributed by atoms with Gasteiger partial charge < -0.3 is 20.3 Å². The zero-order valence-corrected chi connectivity index (χ0v) is 58.8. The quantitative estimate of drug-likeness (QED) is 0.0320. The fourth-order valence-electron chi connectivity index (χ4n) is 12.4. The average molecular weight is 1220 g/mol. The van der Waals surface area contributed by atoms with E-state index >= 15 is 0 Å². The molecule has 0 aliphatic heterocycles. The van der Waals surface area contributed by atoms with Crippen molar-refractivity contribution in [1.29, 1.82) is 0 Å². The first-order valence-corrected chi connectivity index (χ1v) is 39.4. The predicted octanol–water partition coefficient (Wildman–Crippen LogP) is 26.0. The highest BCUT2D eigenvalue weighted by Crippen LogP contribution is 2.19. The topological polar surface area (TPSA) is 95.9 Å². The Morgan fingerprint density at radius 2 is 0.575 bits per heavy atom. The second-order valence-electron chi connectivity index (χ2n) is 27.0. The van der Waals surface area contributed by atoms with E-state index in [1.165, 1.54) is 340 Å². The number of allylic oxidation sites excluding steroid dienone is 8. The molecule has 6 heteroatoms. The Hall–Kier alpha value is -2.18. The van der Waals surface area contributed by atoms with Gasteiger partial charge in [0.2, 0.25) is 5.91 Å². The summed E-state index contributed by atoms with van der Waals surface area (Å²) in [5.74, 6) is -0.0184. The lowest BCUT2D eigenvalue weighted by Crippen LogP contribution is -2.45. The monoisotopic (exact) mass is 1220 g/mol. The Balaban J connectivity index is 3.37. The van der Waals surface area contributed by atoms with Crippen molar-refractivity contribution in [3.05, 3.63) is 48.6 Å². The van der Waals surface area contributed by atoms with Crippen LogP contribution in [0.2, 0.25) is 0 Å². The van der Waals surface area contributed by atoms with Crippen molar-refractivity contribution in [2.24, 2.45) is 0 Å².